The van der Waals surface area contributed by atoms with Crippen LogP contribution in [0, 0.1) is 0 Å². The Labute approximate surface area is 159 Å². The Morgan fingerprint density at radius 3 is 2.31 bits per heavy atom. The van der Waals surface area contributed by atoms with Crippen LogP contribution < -0.4 is 0 Å². The molecular formula is C25H34O. The molecule has 0 heterocycles. The molecule has 26 heavy (non-hydrogen) atoms. The van der Waals surface area contributed by atoms with Crippen LogP contribution in [0.4, 0.5) is 0 Å². The van der Waals surface area contributed by atoms with E-state index < -0.39 is 0 Å². The zero-order valence-electron chi connectivity index (χ0n) is 17.4. The van der Waals surface area contributed by atoms with E-state index in [-0.39, 0.29) is 10.8 Å². The van der Waals surface area contributed by atoms with Crippen LogP contribution in [0.2, 0.25) is 0 Å². The van der Waals surface area contributed by atoms with Gasteiger partial charge in [-0.3, -0.25) is 0 Å². The minimum absolute atomic E-state index is 0.222. The molecule has 1 heteroatoms. The molecule has 0 saturated heterocycles. The lowest BCUT2D eigenvalue weighted by molar-refractivity contribution is 0.332. The van der Waals surface area contributed by atoms with E-state index in [1.807, 2.05) is 26.0 Å². The maximum Gasteiger partial charge on any atom is 0.119 e. The van der Waals surface area contributed by atoms with Gasteiger partial charge in [0, 0.05) is 0 Å². The van der Waals surface area contributed by atoms with Gasteiger partial charge in [-0.15, -0.1) is 0 Å². The van der Waals surface area contributed by atoms with Crippen molar-refractivity contribution >= 4 is 5.57 Å². The molecular weight excluding hydrogens is 316 g/mol. The van der Waals surface area contributed by atoms with E-state index in [0.717, 1.165) is 30.4 Å². The number of aliphatic hydroxyl groups is 1. The van der Waals surface area contributed by atoms with E-state index in [9.17, 15) is 5.11 Å². The third-order valence-electron chi connectivity index (χ3n) is 6.55. The summed E-state index contributed by atoms with van der Waals surface area (Å²) in [6.45, 7) is 13.5. The van der Waals surface area contributed by atoms with Crippen molar-refractivity contribution in [3.63, 3.8) is 0 Å². The number of allylic oxidation sites excluding steroid dienone is 5. The summed E-state index contributed by atoms with van der Waals surface area (Å²) < 4.78 is 0. The van der Waals surface area contributed by atoms with E-state index in [4.69, 9.17) is 0 Å². The summed E-state index contributed by atoms with van der Waals surface area (Å²) in [5.74, 6) is 0.449. The summed E-state index contributed by atoms with van der Waals surface area (Å²) in [4.78, 5) is 0. The smallest absolute Gasteiger partial charge is 0.119 e. The zero-order chi connectivity index (χ0) is 19.1. The predicted molar refractivity (Wildman–Crippen MR) is 113 cm³/mol. The normalized spacial score (nSPS) is 22.5. The molecule has 0 atom stereocenters. The lowest BCUT2D eigenvalue weighted by Crippen LogP contribution is -2.33. The van der Waals surface area contributed by atoms with Gasteiger partial charge in [-0.25, -0.2) is 0 Å². The molecule has 0 saturated carbocycles. The standard InChI is InChI=1S/C25H34O/c1-7-17(2)15-23(26)20-10-8-9-19(20)18-11-12-21-22(16-18)25(5,6)14-13-24(21,3)4/h7,11-12,15-16,26H,8-10,13-14H2,1-6H3/b17-7+,23-15?. The Balaban J connectivity index is 2.10. The highest BCUT2D eigenvalue weighted by atomic mass is 16.3. The van der Waals surface area contributed by atoms with E-state index in [1.165, 1.54) is 35.1 Å². The van der Waals surface area contributed by atoms with Gasteiger partial charge in [0.25, 0.3) is 0 Å². The summed E-state index contributed by atoms with van der Waals surface area (Å²) in [6, 6.07) is 7.07. The van der Waals surface area contributed by atoms with E-state index in [1.54, 1.807) is 0 Å². The highest BCUT2D eigenvalue weighted by Gasteiger charge is 2.37. The molecule has 2 aliphatic carbocycles. The van der Waals surface area contributed by atoms with Crippen molar-refractivity contribution in [3.8, 4) is 0 Å². The van der Waals surface area contributed by atoms with E-state index in [0.29, 0.717) is 5.76 Å². The van der Waals surface area contributed by atoms with Gasteiger partial charge >= 0.3 is 0 Å². The molecule has 0 aromatic heterocycles. The quantitative estimate of drug-likeness (QED) is 0.445. The fraction of sp³-hybridized carbons (Fsp3) is 0.520. The predicted octanol–water partition coefficient (Wildman–Crippen LogP) is 7.38. The summed E-state index contributed by atoms with van der Waals surface area (Å²) in [5.41, 5.74) is 8.36. The van der Waals surface area contributed by atoms with Crippen molar-refractivity contribution < 1.29 is 5.11 Å². The largest absolute Gasteiger partial charge is 0.508 e. The fourth-order valence-corrected chi connectivity index (χ4v) is 4.51. The summed E-state index contributed by atoms with van der Waals surface area (Å²) in [6.07, 6.45) is 9.58. The maximum absolute atomic E-state index is 10.7. The topological polar surface area (TPSA) is 20.2 Å². The molecule has 0 radical (unpaired) electrons. The third kappa shape index (κ3) is 3.41. The number of hydrogen-bond donors (Lipinski definition) is 1. The van der Waals surface area contributed by atoms with Gasteiger partial charge in [0.15, 0.2) is 0 Å². The Hall–Kier alpha value is -1.76. The average molecular weight is 351 g/mol. The van der Waals surface area contributed by atoms with Crippen molar-refractivity contribution in [1.29, 1.82) is 0 Å². The van der Waals surface area contributed by atoms with Crippen LogP contribution in [-0.2, 0) is 10.8 Å². The summed E-state index contributed by atoms with van der Waals surface area (Å²) in [5, 5.41) is 10.7. The zero-order valence-corrected chi connectivity index (χ0v) is 17.4. The molecule has 140 valence electrons. The third-order valence-corrected chi connectivity index (χ3v) is 6.55. The minimum Gasteiger partial charge on any atom is -0.508 e. The second-order valence-electron chi connectivity index (χ2n) is 9.40. The Bertz CT molecular complexity index is 799. The van der Waals surface area contributed by atoms with Crippen LogP contribution in [0.25, 0.3) is 5.57 Å². The molecule has 2 aliphatic rings. The highest BCUT2D eigenvalue weighted by Crippen LogP contribution is 2.47. The number of hydrogen-bond acceptors (Lipinski definition) is 1. The number of aliphatic hydroxyl groups excluding tert-OH is 1. The summed E-state index contributed by atoms with van der Waals surface area (Å²) >= 11 is 0. The first-order chi connectivity index (χ1) is 12.2. The average Bonchev–Trinajstić information content (AvgIpc) is 3.08. The van der Waals surface area contributed by atoms with Crippen LogP contribution in [-0.4, -0.2) is 5.11 Å². The molecule has 3 rings (SSSR count). The van der Waals surface area contributed by atoms with Crippen molar-refractivity contribution in [2.24, 2.45) is 0 Å². The Morgan fingerprint density at radius 1 is 1.00 bits per heavy atom. The van der Waals surface area contributed by atoms with Crippen LogP contribution in [0.1, 0.15) is 90.3 Å². The number of benzene rings is 1. The van der Waals surface area contributed by atoms with Gasteiger partial charge < -0.3 is 5.11 Å². The van der Waals surface area contributed by atoms with Crippen LogP contribution in [0.15, 0.2) is 47.3 Å². The SMILES string of the molecule is C/C=C(\C)C=C(O)C1=C(c2ccc3c(c2)C(C)(C)CCC3(C)C)CCC1. The van der Waals surface area contributed by atoms with Crippen molar-refractivity contribution in [3.05, 3.63) is 63.9 Å². The van der Waals surface area contributed by atoms with Gasteiger partial charge in [-0.2, -0.15) is 0 Å². The molecule has 1 aromatic rings. The first-order valence-electron chi connectivity index (χ1n) is 10.1. The minimum atomic E-state index is 0.222. The number of fused-ring (bicyclic) bond motifs is 1. The molecule has 0 spiro atoms. The van der Waals surface area contributed by atoms with E-state index in [2.05, 4.69) is 45.9 Å². The fourth-order valence-electron chi connectivity index (χ4n) is 4.51. The summed E-state index contributed by atoms with van der Waals surface area (Å²) in [7, 11) is 0. The molecule has 1 aromatic carbocycles. The van der Waals surface area contributed by atoms with Gasteiger partial charge in [-0.1, -0.05) is 57.5 Å². The van der Waals surface area contributed by atoms with Crippen LogP contribution in [0.5, 0.6) is 0 Å². The molecule has 0 amide bonds. The van der Waals surface area contributed by atoms with Crippen LogP contribution >= 0.6 is 0 Å². The molecule has 1 N–H and O–H groups in total. The monoisotopic (exact) mass is 350 g/mol. The van der Waals surface area contributed by atoms with Crippen molar-refractivity contribution in [1.82, 2.24) is 0 Å². The van der Waals surface area contributed by atoms with E-state index >= 15 is 0 Å². The van der Waals surface area contributed by atoms with Crippen molar-refractivity contribution in [2.45, 2.75) is 84.5 Å². The van der Waals surface area contributed by atoms with Crippen molar-refractivity contribution in [2.75, 3.05) is 0 Å². The molecule has 1 nitrogen and oxygen atoms in total. The number of rotatable bonds is 3. The maximum atomic E-state index is 10.7. The Morgan fingerprint density at radius 2 is 1.65 bits per heavy atom. The van der Waals surface area contributed by atoms with Crippen LogP contribution in [0.3, 0.4) is 0 Å². The second-order valence-corrected chi connectivity index (χ2v) is 9.40. The van der Waals surface area contributed by atoms with Gasteiger partial charge in [0.1, 0.15) is 5.76 Å². The van der Waals surface area contributed by atoms with Gasteiger partial charge in [0.2, 0.25) is 0 Å². The van der Waals surface area contributed by atoms with Gasteiger partial charge in [-0.05, 0) is 90.7 Å². The lowest BCUT2D eigenvalue weighted by Gasteiger charge is -2.42. The second kappa shape index (κ2) is 6.76. The van der Waals surface area contributed by atoms with Gasteiger partial charge in [0.05, 0.1) is 0 Å². The molecule has 0 bridgehead atoms. The molecule has 0 aliphatic heterocycles. The molecule has 0 fully saturated rings. The first-order valence-corrected chi connectivity index (χ1v) is 10.1. The molecule has 0 unspecified atom stereocenters. The lowest BCUT2D eigenvalue weighted by atomic mass is 9.63. The Kier molecular flexibility index (Phi) is 4.94. The highest BCUT2D eigenvalue weighted by molar-refractivity contribution is 5.75. The first kappa shape index (κ1) is 19.0.